The van der Waals surface area contributed by atoms with Crippen molar-refractivity contribution < 1.29 is 14.6 Å². The average molecular weight is 185 g/mol. The number of likely N-dealkylation sites (tertiary alicyclic amines) is 1. The van der Waals surface area contributed by atoms with Crippen LogP contribution in [0.3, 0.4) is 0 Å². The van der Waals surface area contributed by atoms with Crippen molar-refractivity contribution in [3.8, 4) is 0 Å². The first-order valence-electron chi connectivity index (χ1n) is 4.74. The molecule has 2 rings (SSSR count). The van der Waals surface area contributed by atoms with Crippen LogP contribution in [-0.2, 0) is 9.53 Å². The molecule has 1 N–H and O–H groups in total. The number of aliphatic hydroxyl groups excluding tert-OH is 1. The normalized spacial score (nSPS) is 39.1. The molecule has 1 saturated heterocycles. The number of aliphatic hydroxyl groups is 1. The Morgan fingerprint density at radius 2 is 2.23 bits per heavy atom. The molecule has 1 atom stereocenters. The molecule has 2 aliphatic rings. The molecular formula is C9H15NO3. The van der Waals surface area contributed by atoms with Crippen molar-refractivity contribution in [1.82, 2.24) is 4.90 Å². The fourth-order valence-corrected chi connectivity index (χ4v) is 2.06. The van der Waals surface area contributed by atoms with E-state index in [4.69, 9.17) is 5.11 Å². The standard InChI is InChI=1S/C9H15NO3/c1-13-9(12)8-2-3-10(8)6-4-7(11)5-6/h6-8,11H,2-5H2,1H3. The van der Waals surface area contributed by atoms with Gasteiger partial charge >= 0.3 is 5.97 Å². The molecule has 2 fully saturated rings. The van der Waals surface area contributed by atoms with E-state index in [9.17, 15) is 4.79 Å². The van der Waals surface area contributed by atoms with Gasteiger partial charge in [-0.25, -0.2) is 0 Å². The molecule has 1 aliphatic carbocycles. The Hall–Kier alpha value is -0.610. The van der Waals surface area contributed by atoms with E-state index in [0.717, 1.165) is 25.8 Å². The number of esters is 1. The van der Waals surface area contributed by atoms with Gasteiger partial charge in [-0.1, -0.05) is 0 Å². The van der Waals surface area contributed by atoms with E-state index in [1.54, 1.807) is 0 Å². The predicted molar refractivity (Wildman–Crippen MR) is 46.2 cm³/mol. The van der Waals surface area contributed by atoms with E-state index in [0.29, 0.717) is 6.04 Å². The summed E-state index contributed by atoms with van der Waals surface area (Å²) in [7, 11) is 1.43. The van der Waals surface area contributed by atoms with Gasteiger partial charge in [0.2, 0.25) is 0 Å². The van der Waals surface area contributed by atoms with Gasteiger partial charge in [0.15, 0.2) is 0 Å². The molecule has 1 aliphatic heterocycles. The van der Waals surface area contributed by atoms with Crippen LogP contribution in [0.5, 0.6) is 0 Å². The van der Waals surface area contributed by atoms with Crippen molar-refractivity contribution in [2.75, 3.05) is 13.7 Å². The summed E-state index contributed by atoms with van der Waals surface area (Å²) in [6, 6.07) is 0.371. The molecule has 74 valence electrons. The monoisotopic (exact) mass is 185 g/mol. The van der Waals surface area contributed by atoms with Crippen molar-refractivity contribution >= 4 is 5.97 Å². The minimum Gasteiger partial charge on any atom is -0.468 e. The van der Waals surface area contributed by atoms with Crippen LogP contribution in [0, 0.1) is 0 Å². The Kier molecular flexibility index (Phi) is 2.26. The molecule has 0 amide bonds. The largest absolute Gasteiger partial charge is 0.468 e. The molecule has 13 heavy (non-hydrogen) atoms. The second-order valence-electron chi connectivity index (χ2n) is 3.84. The van der Waals surface area contributed by atoms with Crippen molar-refractivity contribution in [1.29, 1.82) is 0 Å². The summed E-state index contributed by atoms with van der Waals surface area (Å²) in [6.07, 6.45) is 2.38. The zero-order valence-electron chi connectivity index (χ0n) is 7.77. The van der Waals surface area contributed by atoms with E-state index in [1.807, 2.05) is 0 Å². The van der Waals surface area contributed by atoms with Crippen LogP contribution in [0.15, 0.2) is 0 Å². The van der Waals surface area contributed by atoms with Gasteiger partial charge in [-0.05, 0) is 19.3 Å². The lowest BCUT2D eigenvalue weighted by molar-refractivity contribution is -0.158. The topological polar surface area (TPSA) is 49.8 Å². The van der Waals surface area contributed by atoms with Gasteiger partial charge in [0.05, 0.1) is 13.2 Å². The molecule has 1 saturated carbocycles. The molecule has 0 aromatic carbocycles. The van der Waals surface area contributed by atoms with Crippen LogP contribution < -0.4 is 0 Å². The molecule has 0 aromatic rings. The summed E-state index contributed by atoms with van der Waals surface area (Å²) in [5.41, 5.74) is 0. The SMILES string of the molecule is COC(=O)C1CCN1C1CC(O)C1. The van der Waals surface area contributed by atoms with E-state index in [-0.39, 0.29) is 18.1 Å². The second kappa shape index (κ2) is 3.27. The number of rotatable bonds is 2. The zero-order chi connectivity index (χ0) is 9.42. The van der Waals surface area contributed by atoms with Gasteiger partial charge < -0.3 is 9.84 Å². The van der Waals surface area contributed by atoms with Gasteiger partial charge in [0.25, 0.3) is 0 Å². The lowest BCUT2D eigenvalue weighted by Crippen LogP contribution is -2.61. The maximum atomic E-state index is 11.2. The summed E-state index contributed by atoms with van der Waals surface area (Å²) in [6.45, 7) is 0.969. The van der Waals surface area contributed by atoms with Crippen LogP contribution in [0.25, 0.3) is 0 Å². The zero-order valence-corrected chi connectivity index (χ0v) is 7.77. The first-order valence-corrected chi connectivity index (χ1v) is 4.74. The Morgan fingerprint density at radius 3 is 2.62 bits per heavy atom. The Balaban J connectivity index is 1.84. The summed E-state index contributed by atoms with van der Waals surface area (Å²) >= 11 is 0. The van der Waals surface area contributed by atoms with E-state index < -0.39 is 0 Å². The highest BCUT2D eigenvalue weighted by Gasteiger charge is 2.43. The summed E-state index contributed by atoms with van der Waals surface area (Å²) < 4.78 is 4.69. The van der Waals surface area contributed by atoms with Crippen LogP contribution in [0.1, 0.15) is 19.3 Å². The fraction of sp³-hybridized carbons (Fsp3) is 0.889. The Bertz CT molecular complexity index is 213. The van der Waals surface area contributed by atoms with Crippen LogP contribution in [0.2, 0.25) is 0 Å². The first-order chi connectivity index (χ1) is 6.22. The van der Waals surface area contributed by atoms with Crippen molar-refractivity contribution in [2.24, 2.45) is 0 Å². The lowest BCUT2D eigenvalue weighted by atomic mass is 9.84. The number of carbonyl (C=O) groups excluding carboxylic acids is 1. The van der Waals surface area contributed by atoms with Crippen LogP contribution in [0.4, 0.5) is 0 Å². The molecule has 0 spiro atoms. The van der Waals surface area contributed by atoms with Gasteiger partial charge in [0, 0.05) is 12.6 Å². The van der Waals surface area contributed by atoms with Crippen molar-refractivity contribution in [2.45, 2.75) is 37.5 Å². The molecule has 0 aromatic heterocycles. The maximum Gasteiger partial charge on any atom is 0.323 e. The molecule has 0 radical (unpaired) electrons. The molecule has 1 unspecified atom stereocenters. The summed E-state index contributed by atoms with van der Waals surface area (Å²) in [5.74, 6) is -0.132. The van der Waals surface area contributed by atoms with E-state index in [1.165, 1.54) is 7.11 Å². The third kappa shape index (κ3) is 1.44. The number of ether oxygens (including phenoxy) is 1. The highest BCUT2D eigenvalue weighted by molar-refractivity contribution is 5.76. The first kappa shape index (κ1) is 8.97. The van der Waals surface area contributed by atoms with Crippen molar-refractivity contribution in [3.63, 3.8) is 0 Å². The van der Waals surface area contributed by atoms with Gasteiger partial charge in [-0.2, -0.15) is 0 Å². The maximum absolute atomic E-state index is 11.2. The van der Waals surface area contributed by atoms with Crippen LogP contribution in [-0.4, -0.2) is 47.8 Å². The smallest absolute Gasteiger partial charge is 0.323 e. The van der Waals surface area contributed by atoms with Crippen LogP contribution >= 0.6 is 0 Å². The number of methoxy groups -OCH3 is 1. The van der Waals surface area contributed by atoms with E-state index >= 15 is 0 Å². The highest BCUT2D eigenvalue weighted by atomic mass is 16.5. The Labute approximate surface area is 77.5 Å². The minimum atomic E-state index is -0.149. The third-order valence-corrected chi connectivity index (χ3v) is 3.09. The second-order valence-corrected chi connectivity index (χ2v) is 3.84. The van der Waals surface area contributed by atoms with Gasteiger partial charge in [-0.3, -0.25) is 9.69 Å². The molecule has 1 heterocycles. The predicted octanol–water partition coefficient (Wildman–Crippen LogP) is -0.243. The number of hydrogen-bond donors (Lipinski definition) is 1. The lowest BCUT2D eigenvalue weighted by Gasteiger charge is -2.49. The number of nitrogens with zero attached hydrogens (tertiary/aromatic N) is 1. The minimum absolute atomic E-state index is 0.0394. The quantitative estimate of drug-likeness (QED) is 0.603. The van der Waals surface area contributed by atoms with Gasteiger partial charge in [-0.15, -0.1) is 0 Å². The number of hydrogen-bond acceptors (Lipinski definition) is 4. The number of carbonyl (C=O) groups is 1. The summed E-state index contributed by atoms with van der Waals surface area (Å²) in [5, 5.41) is 9.13. The fourth-order valence-electron chi connectivity index (χ4n) is 2.06. The average Bonchev–Trinajstić information content (AvgIpc) is 1.99. The highest BCUT2D eigenvalue weighted by Crippen LogP contribution is 2.32. The van der Waals surface area contributed by atoms with Gasteiger partial charge in [0.1, 0.15) is 6.04 Å². The molecular weight excluding hydrogens is 170 g/mol. The van der Waals surface area contributed by atoms with E-state index in [2.05, 4.69) is 9.64 Å². The Morgan fingerprint density at radius 1 is 1.54 bits per heavy atom. The summed E-state index contributed by atoms with van der Waals surface area (Å²) in [4.78, 5) is 13.3. The third-order valence-electron chi connectivity index (χ3n) is 3.09. The van der Waals surface area contributed by atoms with Crippen molar-refractivity contribution in [3.05, 3.63) is 0 Å². The molecule has 4 heteroatoms. The molecule has 4 nitrogen and oxygen atoms in total. The molecule has 0 bridgehead atoms.